The van der Waals surface area contributed by atoms with Crippen molar-refractivity contribution in [3.63, 3.8) is 0 Å². The van der Waals surface area contributed by atoms with Gasteiger partial charge in [-0.15, -0.1) is 0 Å². The van der Waals surface area contributed by atoms with Crippen molar-refractivity contribution in [2.75, 3.05) is 20.8 Å². The van der Waals surface area contributed by atoms with E-state index in [0.29, 0.717) is 17.3 Å². The number of methoxy groups -OCH3 is 2. The van der Waals surface area contributed by atoms with Crippen LogP contribution < -0.4 is 9.47 Å². The Morgan fingerprint density at radius 3 is 2.65 bits per heavy atom. The zero-order valence-electron chi connectivity index (χ0n) is 13.7. The molecule has 1 aromatic heterocycles. The second-order valence-electron chi connectivity index (χ2n) is 5.70. The fourth-order valence-corrected chi connectivity index (χ4v) is 3.14. The van der Waals surface area contributed by atoms with E-state index in [2.05, 4.69) is 0 Å². The van der Waals surface area contributed by atoms with E-state index in [9.17, 15) is 4.79 Å². The summed E-state index contributed by atoms with van der Waals surface area (Å²) in [5.74, 6) is 1.75. The van der Waals surface area contributed by atoms with Crippen LogP contribution in [0, 0.1) is 6.92 Å². The third kappa shape index (κ3) is 2.79. The molecule has 5 nitrogen and oxygen atoms in total. The number of ether oxygens (including phenoxy) is 2. The molecular weight excluding hydrogens is 294 g/mol. The van der Waals surface area contributed by atoms with Crippen LogP contribution in [0.1, 0.15) is 40.6 Å². The fraction of sp³-hybridized carbons (Fsp3) is 0.389. The van der Waals surface area contributed by atoms with Crippen LogP contribution in [0.2, 0.25) is 0 Å². The van der Waals surface area contributed by atoms with Crippen LogP contribution >= 0.6 is 0 Å². The topological polar surface area (TPSA) is 51.9 Å². The number of nitrogens with zero attached hydrogens (tertiary/aromatic N) is 1. The maximum Gasteiger partial charge on any atom is 0.290 e. The van der Waals surface area contributed by atoms with Crippen molar-refractivity contribution in [3.8, 4) is 11.5 Å². The van der Waals surface area contributed by atoms with Gasteiger partial charge in [0.2, 0.25) is 0 Å². The lowest BCUT2D eigenvalue weighted by atomic mass is 10.0. The van der Waals surface area contributed by atoms with Crippen molar-refractivity contribution in [3.05, 3.63) is 47.4 Å². The first-order valence-electron chi connectivity index (χ1n) is 7.72. The molecule has 2 heterocycles. The first-order valence-corrected chi connectivity index (χ1v) is 7.72. The smallest absolute Gasteiger partial charge is 0.290 e. The van der Waals surface area contributed by atoms with Gasteiger partial charge < -0.3 is 18.8 Å². The summed E-state index contributed by atoms with van der Waals surface area (Å²) in [5, 5.41) is 0. The van der Waals surface area contributed by atoms with E-state index in [1.54, 1.807) is 20.5 Å². The Morgan fingerprint density at radius 1 is 1.22 bits per heavy atom. The number of hydrogen-bond acceptors (Lipinski definition) is 4. The van der Waals surface area contributed by atoms with Gasteiger partial charge in [0.1, 0.15) is 0 Å². The number of carbonyl (C=O) groups excluding carboxylic acids is 1. The fourth-order valence-electron chi connectivity index (χ4n) is 3.14. The van der Waals surface area contributed by atoms with Gasteiger partial charge in [0.05, 0.1) is 26.5 Å². The van der Waals surface area contributed by atoms with Gasteiger partial charge >= 0.3 is 0 Å². The van der Waals surface area contributed by atoms with Crippen molar-refractivity contribution in [2.45, 2.75) is 25.8 Å². The summed E-state index contributed by atoms with van der Waals surface area (Å²) in [6.07, 6.45) is 3.47. The monoisotopic (exact) mass is 315 g/mol. The first-order chi connectivity index (χ1) is 11.2. The van der Waals surface area contributed by atoms with Gasteiger partial charge in [0.25, 0.3) is 5.91 Å². The van der Waals surface area contributed by atoms with E-state index in [1.165, 1.54) is 0 Å². The largest absolute Gasteiger partial charge is 0.493 e. The molecule has 122 valence electrons. The molecular formula is C18H21NO4. The zero-order valence-corrected chi connectivity index (χ0v) is 13.7. The zero-order chi connectivity index (χ0) is 16.4. The van der Waals surface area contributed by atoms with Gasteiger partial charge in [0, 0.05) is 12.1 Å². The average Bonchev–Trinajstić information content (AvgIpc) is 3.22. The van der Waals surface area contributed by atoms with Crippen LogP contribution in [0.15, 0.2) is 34.9 Å². The van der Waals surface area contributed by atoms with E-state index >= 15 is 0 Å². The number of aryl methyl sites for hydroxylation is 1. The summed E-state index contributed by atoms with van der Waals surface area (Å²) in [6.45, 7) is 2.62. The number of hydrogen-bond donors (Lipinski definition) is 0. The molecule has 1 aliphatic rings. The van der Waals surface area contributed by atoms with Crippen molar-refractivity contribution in [1.29, 1.82) is 0 Å². The molecule has 0 unspecified atom stereocenters. The summed E-state index contributed by atoms with van der Waals surface area (Å²) < 4.78 is 16.0. The molecule has 0 aliphatic carbocycles. The van der Waals surface area contributed by atoms with Crippen LogP contribution in [0.25, 0.3) is 0 Å². The molecule has 0 N–H and O–H groups in total. The summed E-state index contributed by atoms with van der Waals surface area (Å²) >= 11 is 0. The number of furan rings is 1. The van der Waals surface area contributed by atoms with Crippen molar-refractivity contribution >= 4 is 5.91 Å². The third-order valence-electron chi connectivity index (χ3n) is 4.36. The second-order valence-corrected chi connectivity index (χ2v) is 5.70. The molecule has 1 aromatic carbocycles. The quantitative estimate of drug-likeness (QED) is 0.865. The lowest BCUT2D eigenvalue weighted by molar-refractivity contribution is 0.0702. The van der Waals surface area contributed by atoms with E-state index in [0.717, 1.165) is 30.5 Å². The van der Waals surface area contributed by atoms with Crippen LogP contribution in [0.3, 0.4) is 0 Å². The van der Waals surface area contributed by atoms with E-state index in [4.69, 9.17) is 13.9 Å². The molecule has 23 heavy (non-hydrogen) atoms. The highest BCUT2D eigenvalue weighted by atomic mass is 16.5. The average molecular weight is 315 g/mol. The lowest BCUT2D eigenvalue weighted by Gasteiger charge is -2.25. The van der Waals surface area contributed by atoms with Crippen LogP contribution in [0.4, 0.5) is 0 Å². The molecule has 1 atom stereocenters. The number of carbonyl (C=O) groups is 1. The van der Waals surface area contributed by atoms with E-state index < -0.39 is 0 Å². The Bertz CT molecular complexity index is 707. The summed E-state index contributed by atoms with van der Waals surface area (Å²) in [4.78, 5) is 14.6. The van der Waals surface area contributed by atoms with Crippen LogP contribution in [-0.4, -0.2) is 31.6 Å². The molecule has 2 aromatic rings. The van der Waals surface area contributed by atoms with E-state index in [1.807, 2.05) is 36.1 Å². The van der Waals surface area contributed by atoms with Crippen molar-refractivity contribution < 1.29 is 18.7 Å². The summed E-state index contributed by atoms with van der Waals surface area (Å²) in [5.41, 5.74) is 1.92. The van der Waals surface area contributed by atoms with Gasteiger partial charge in [-0.05, 0) is 43.5 Å². The third-order valence-corrected chi connectivity index (χ3v) is 4.36. The van der Waals surface area contributed by atoms with Gasteiger partial charge in [0.15, 0.2) is 17.3 Å². The number of rotatable bonds is 4. The Morgan fingerprint density at radius 2 is 2.00 bits per heavy atom. The molecule has 0 saturated carbocycles. The molecule has 1 fully saturated rings. The molecule has 3 rings (SSSR count). The number of benzene rings is 1. The molecule has 1 amide bonds. The van der Waals surface area contributed by atoms with Gasteiger partial charge in [-0.3, -0.25) is 4.79 Å². The maximum absolute atomic E-state index is 12.8. The van der Waals surface area contributed by atoms with E-state index in [-0.39, 0.29) is 11.9 Å². The second kappa shape index (κ2) is 6.36. The van der Waals surface area contributed by atoms with Crippen LogP contribution in [0.5, 0.6) is 11.5 Å². The first kappa shape index (κ1) is 15.5. The number of amides is 1. The Kier molecular flexibility index (Phi) is 4.28. The Labute approximate surface area is 135 Å². The molecule has 0 bridgehead atoms. The van der Waals surface area contributed by atoms with Crippen molar-refractivity contribution in [2.24, 2.45) is 0 Å². The SMILES string of the molecule is COc1ccc([C@@H]2CCCN2C(=O)c2occc2C)cc1OC. The molecule has 0 radical (unpaired) electrons. The molecule has 1 aliphatic heterocycles. The lowest BCUT2D eigenvalue weighted by Crippen LogP contribution is -2.30. The van der Waals surface area contributed by atoms with Crippen LogP contribution in [-0.2, 0) is 0 Å². The minimum atomic E-state index is -0.0511. The highest BCUT2D eigenvalue weighted by Crippen LogP contribution is 2.37. The van der Waals surface area contributed by atoms with Gasteiger partial charge in [-0.1, -0.05) is 6.07 Å². The predicted octanol–water partition coefficient (Wildman–Crippen LogP) is 3.58. The molecule has 5 heteroatoms. The Hall–Kier alpha value is -2.43. The van der Waals surface area contributed by atoms with Gasteiger partial charge in [-0.2, -0.15) is 0 Å². The predicted molar refractivity (Wildman–Crippen MR) is 86.0 cm³/mol. The van der Waals surface area contributed by atoms with Gasteiger partial charge in [-0.25, -0.2) is 0 Å². The minimum Gasteiger partial charge on any atom is -0.493 e. The number of likely N-dealkylation sites (tertiary alicyclic amines) is 1. The molecule has 0 spiro atoms. The normalized spacial score (nSPS) is 17.3. The summed E-state index contributed by atoms with van der Waals surface area (Å²) in [6, 6.07) is 7.67. The Balaban J connectivity index is 1.90. The highest BCUT2D eigenvalue weighted by molar-refractivity contribution is 5.93. The maximum atomic E-state index is 12.8. The molecule has 1 saturated heterocycles. The minimum absolute atomic E-state index is 0.0341. The summed E-state index contributed by atoms with van der Waals surface area (Å²) in [7, 11) is 3.23. The standard InChI is InChI=1S/C18H21NO4/c1-12-8-10-23-17(12)18(20)19-9-4-5-14(19)13-6-7-15(21-2)16(11-13)22-3/h6-8,10-11,14H,4-5,9H2,1-3H3/t14-/m0/s1. The highest BCUT2D eigenvalue weighted by Gasteiger charge is 2.33. The van der Waals surface area contributed by atoms with Crippen molar-refractivity contribution in [1.82, 2.24) is 4.90 Å².